The van der Waals surface area contributed by atoms with Gasteiger partial charge in [-0.15, -0.1) is 6.42 Å². The molecule has 2 amide bonds. The maximum absolute atomic E-state index is 14.2. The van der Waals surface area contributed by atoms with Crippen LogP contribution in [0.2, 0.25) is 0 Å². The molecule has 0 saturated heterocycles. The number of hydrogen-bond acceptors (Lipinski definition) is 4. The van der Waals surface area contributed by atoms with Crippen molar-refractivity contribution in [3.05, 3.63) is 114 Å². The molecule has 5 aromatic rings. The summed E-state index contributed by atoms with van der Waals surface area (Å²) in [4.78, 5) is 33.0. The number of amides is 2. The molecule has 7 nitrogen and oxygen atoms in total. The average Bonchev–Trinajstić information content (AvgIpc) is 3.38. The van der Waals surface area contributed by atoms with Gasteiger partial charge in [-0.05, 0) is 29.8 Å². The van der Waals surface area contributed by atoms with Crippen molar-refractivity contribution in [2.75, 3.05) is 18.5 Å². The van der Waals surface area contributed by atoms with Gasteiger partial charge in [0.25, 0.3) is 5.91 Å². The number of pyridine rings is 1. The highest BCUT2D eigenvalue weighted by Gasteiger charge is 2.25. The summed E-state index contributed by atoms with van der Waals surface area (Å²) >= 11 is 0. The maximum Gasteiger partial charge on any atom is 0.259 e. The molecule has 1 N–H and O–H groups in total. The number of fused-ring (bicyclic) bond motifs is 1. The van der Waals surface area contributed by atoms with Crippen LogP contribution in [0.1, 0.15) is 21.5 Å². The molecule has 7 heteroatoms. The van der Waals surface area contributed by atoms with Crippen LogP contribution < -0.4 is 10.2 Å². The van der Waals surface area contributed by atoms with Crippen LogP contribution in [0.15, 0.2) is 97.2 Å². The Morgan fingerprint density at radius 3 is 2.42 bits per heavy atom. The summed E-state index contributed by atoms with van der Waals surface area (Å²) in [5.41, 5.74) is 4.66. The summed E-state index contributed by atoms with van der Waals surface area (Å²) in [7, 11) is 1.54. The number of carbonyl (C=O) groups is 2. The number of likely N-dealkylation sites (N-methyl/N-ethyl adjacent to an activating group) is 1. The van der Waals surface area contributed by atoms with E-state index in [-0.39, 0.29) is 18.4 Å². The van der Waals surface area contributed by atoms with Crippen LogP contribution >= 0.6 is 0 Å². The van der Waals surface area contributed by atoms with Gasteiger partial charge in [-0.25, -0.2) is 9.67 Å². The van der Waals surface area contributed by atoms with E-state index in [0.29, 0.717) is 40.1 Å². The van der Waals surface area contributed by atoms with E-state index in [1.165, 1.54) is 11.9 Å². The third-order valence-corrected chi connectivity index (χ3v) is 6.23. The van der Waals surface area contributed by atoms with Crippen LogP contribution in [0.4, 0.5) is 5.69 Å². The summed E-state index contributed by atoms with van der Waals surface area (Å²) in [5.74, 6) is 1.93. The van der Waals surface area contributed by atoms with E-state index < -0.39 is 0 Å². The van der Waals surface area contributed by atoms with Crippen LogP contribution in [0.25, 0.3) is 22.3 Å². The molecule has 2 heterocycles. The fraction of sp³-hybridized carbons (Fsp3) is 0.0968. The predicted octanol–water partition coefficient (Wildman–Crippen LogP) is 4.52. The fourth-order valence-corrected chi connectivity index (χ4v) is 4.27. The van der Waals surface area contributed by atoms with Gasteiger partial charge >= 0.3 is 0 Å². The van der Waals surface area contributed by atoms with Crippen molar-refractivity contribution in [2.24, 2.45) is 0 Å². The normalized spacial score (nSPS) is 10.6. The zero-order valence-electron chi connectivity index (χ0n) is 20.8. The SMILES string of the molecule is C#Cc1cccc(N(CC(=O)NC)C(=O)c2cc(-c3ccccc3)nc3c2cnn3Cc2ccccc2)c1. The molecule has 0 spiro atoms. The second kappa shape index (κ2) is 10.8. The number of benzene rings is 3. The Morgan fingerprint density at radius 1 is 0.974 bits per heavy atom. The summed E-state index contributed by atoms with van der Waals surface area (Å²) in [6.07, 6.45) is 7.26. The topological polar surface area (TPSA) is 80.1 Å². The third kappa shape index (κ3) is 5.01. The lowest BCUT2D eigenvalue weighted by atomic mass is 10.1. The molecule has 0 fully saturated rings. The summed E-state index contributed by atoms with van der Waals surface area (Å²) in [6.45, 7) is 0.321. The number of anilines is 1. The number of carbonyl (C=O) groups excluding carboxylic acids is 2. The van der Waals surface area contributed by atoms with E-state index in [4.69, 9.17) is 11.4 Å². The Kier molecular flexibility index (Phi) is 6.96. The first kappa shape index (κ1) is 24.5. The molecular weight excluding hydrogens is 474 g/mol. The monoisotopic (exact) mass is 499 g/mol. The Balaban J connectivity index is 1.67. The van der Waals surface area contributed by atoms with E-state index in [2.05, 4.69) is 16.3 Å². The van der Waals surface area contributed by atoms with Gasteiger partial charge in [0.05, 0.1) is 29.4 Å². The number of nitrogens with zero attached hydrogens (tertiary/aromatic N) is 4. The van der Waals surface area contributed by atoms with E-state index in [1.807, 2.05) is 60.7 Å². The lowest BCUT2D eigenvalue weighted by Crippen LogP contribution is -2.40. The van der Waals surface area contributed by atoms with Gasteiger partial charge in [-0.2, -0.15) is 5.10 Å². The second-order valence-corrected chi connectivity index (χ2v) is 8.71. The molecule has 0 unspecified atom stereocenters. The molecule has 0 aliphatic carbocycles. The van der Waals surface area contributed by atoms with Crippen molar-refractivity contribution < 1.29 is 9.59 Å². The first-order chi connectivity index (χ1) is 18.6. The fourth-order valence-electron chi connectivity index (χ4n) is 4.27. The van der Waals surface area contributed by atoms with Gasteiger partial charge in [-0.1, -0.05) is 72.7 Å². The molecular formula is C31H25N5O2. The van der Waals surface area contributed by atoms with Gasteiger partial charge < -0.3 is 5.32 Å². The minimum Gasteiger partial charge on any atom is -0.358 e. The smallest absolute Gasteiger partial charge is 0.259 e. The maximum atomic E-state index is 14.2. The van der Waals surface area contributed by atoms with E-state index in [9.17, 15) is 9.59 Å². The van der Waals surface area contributed by atoms with Gasteiger partial charge in [0, 0.05) is 23.9 Å². The molecule has 186 valence electrons. The molecule has 0 aliphatic heterocycles. The van der Waals surface area contributed by atoms with Crippen molar-refractivity contribution in [2.45, 2.75) is 6.54 Å². The Bertz CT molecular complexity index is 1650. The van der Waals surface area contributed by atoms with Crippen LogP contribution in [0.5, 0.6) is 0 Å². The number of terminal acetylenes is 1. The van der Waals surface area contributed by atoms with Crippen LogP contribution in [-0.4, -0.2) is 40.2 Å². The van der Waals surface area contributed by atoms with E-state index in [1.54, 1.807) is 41.2 Å². The first-order valence-electron chi connectivity index (χ1n) is 12.1. The largest absolute Gasteiger partial charge is 0.358 e. The molecule has 0 radical (unpaired) electrons. The van der Waals surface area contributed by atoms with Crippen LogP contribution in [0.3, 0.4) is 0 Å². The predicted molar refractivity (Wildman–Crippen MR) is 149 cm³/mol. The number of aromatic nitrogens is 3. The minimum absolute atomic E-state index is 0.175. The quantitative estimate of drug-likeness (QED) is 0.334. The third-order valence-electron chi connectivity index (χ3n) is 6.23. The van der Waals surface area contributed by atoms with Gasteiger partial charge in [0.15, 0.2) is 5.65 Å². The van der Waals surface area contributed by atoms with Crippen LogP contribution in [0, 0.1) is 12.3 Å². The zero-order valence-corrected chi connectivity index (χ0v) is 20.8. The molecule has 2 aromatic heterocycles. The van der Waals surface area contributed by atoms with Gasteiger partial charge in [-0.3, -0.25) is 14.5 Å². The van der Waals surface area contributed by atoms with E-state index >= 15 is 0 Å². The number of hydrogen-bond donors (Lipinski definition) is 1. The number of nitrogens with one attached hydrogen (secondary N) is 1. The van der Waals surface area contributed by atoms with Gasteiger partial charge in [0.1, 0.15) is 6.54 Å². The molecule has 0 atom stereocenters. The summed E-state index contributed by atoms with van der Waals surface area (Å²) in [6, 6.07) is 28.4. The number of rotatable bonds is 7. The van der Waals surface area contributed by atoms with Crippen molar-refractivity contribution in [3.63, 3.8) is 0 Å². The highest BCUT2D eigenvalue weighted by molar-refractivity contribution is 6.15. The minimum atomic E-state index is -0.355. The first-order valence-corrected chi connectivity index (χ1v) is 12.1. The lowest BCUT2D eigenvalue weighted by molar-refractivity contribution is -0.119. The van der Waals surface area contributed by atoms with Crippen molar-refractivity contribution >= 4 is 28.5 Å². The van der Waals surface area contributed by atoms with Crippen molar-refractivity contribution in [1.29, 1.82) is 0 Å². The summed E-state index contributed by atoms with van der Waals surface area (Å²) in [5, 5.41) is 7.78. The molecule has 5 rings (SSSR count). The molecule has 0 saturated carbocycles. The average molecular weight is 500 g/mol. The van der Waals surface area contributed by atoms with Crippen molar-refractivity contribution in [1.82, 2.24) is 20.1 Å². The highest BCUT2D eigenvalue weighted by atomic mass is 16.2. The lowest BCUT2D eigenvalue weighted by Gasteiger charge is -2.23. The standard InChI is InChI=1S/C31H25N5O2/c1-3-22-13-10-16-25(17-22)35(21-29(37)32-2)31(38)26-18-28(24-14-8-5-9-15-24)34-30-27(26)19-33-36(30)20-23-11-6-4-7-12-23/h1,4-19H,20-21H2,2H3,(H,32,37). The Labute approximate surface area is 220 Å². The molecule has 38 heavy (non-hydrogen) atoms. The van der Waals surface area contributed by atoms with E-state index in [0.717, 1.165) is 11.1 Å². The molecule has 0 bridgehead atoms. The van der Waals surface area contributed by atoms with Gasteiger partial charge in [0.2, 0.25) is 5.91 Å². The zero-order chi connectivity index (χ0) is 26.5. The van der Waals surface area contributed by atoms with Crippen molar-refractivity contribution in [3.8, 4) is 23.6 Å². The summed E-state index contributed by atoms with van der Waals surface area (Å²) < 4.78 is 1.79. The molecule has 3 aromatic carbocycles. The van der Waals surface area contributed by atoms with Crippen LogP contribution in [-0.2, 0) is 11.3 Å². The Morgan fingerprint density at radius 2 is 1.71 bits per heavy atom. The molecule has 0 aliphatic rings. The highest BCUT2D eigenvalue weighted by Crippen LogP contribution is 2.28. The second-order valence-electron chi connectivity index (χ2n) is 8.71. The Hall–Kier alpha value is -5.22.